The summed E-state index contributed by atoms with van der Waals surface area (Å²) >= 11 is 0. The number of nitrogens with one attached hydrogen (secondary N) is 1. The van der Waals surface area contributed by atoms with Crippen LogP contribution in [-0.2, 0) is 24.4 Å². The number of likely N-dealkylation sites (tertiary alicyclic amines) is 1. The number of carbonyl (C=O) groups is 2. The van der Waals surface area contributed by atoms with Crippen LogP contribution in [-0.4, -0.2) is 52.5 Å². The highest BCUT2D eigenvalue weighted by molar-refractivity contribution is 5.94. The molecule has 44 heavy (non-hydrogen) atoms. The Kier molecular flexibility index (Phi) is 10.8. The van der Waals surface area contributed by atoms with Gasteiger partial charge in [-0.3, -0.25) is 14.7 Å². The Morgan fingerprint density at radius 1 is 0.955 bits per heavy atom. The topological polar surface area (TPSA) is 74.8 Å². The van der Waals surface area contributed by atoms with Gasteiger partial charge < -0.3 is 15.0 Å². The summed E-state index contributed by atoms with van der Waals surface area (Å²) < 4.78 is 5.43. The van der Waals surface area contributed by atoms with Crippen molar-refractivity contribution in [2.75, 3.05) is 19.7 Å². The van der Waals surface area contributed by atoms with Gasteiger partial charge in [0.1, 0.15) is 6.61 Å². The van der Waals surface area contributed by atoms with E-state index in [1.165, 1.54) is 5.56 Å². The maximum absolute atomic E-state index is 13.9. The van der Waals surface area contributed by atoms with E-state index in [1.807, 2.05) is 90.9 Å². The lowest BCUT2D eigenvalue weighted by atomic mass is 9.99. The first-order chi connectivity index (χ1) is 21.4. The molecular weight excluding hydrogens is 548 g/mol. The summed E-state index contributed by atoms with van der Waals surface area (Å²) in [5.41, 5.74) is 7.18. The van der Waals surface area contributed by atoms with Crippen LogP contribution in [0.3, 0.4) is 0 Å². The van der Waals surface area contributed by atoms with Crippen LogP contribution in [0.25, 0.3) is 0 Å². The summed E-state index contributed by atoms with van der Waals surface area (Å²) in [4.78, 5) is 35.3. The van der Waals surface area contributed by atoms with Gasteiger partial charge in [0.2, 0.25) is 0 Å². The van der Waals surface area contributed by atoms with Crippen molar-refractivity contribution in [1.82, 2.24) is 20.1 Å². The molecule has 1 aliphatic heterocycles. The van der Waals surface area contributed by atoms with E-state index < -0.39 is 6.09 Å². The molecule has 1 fully saturated rings. The van der Waals surface area contributed by atoms with E-state index in [0.717, 1.165) is 66.9 Å². The van der Waals surface area contributed by atoms with Crippen LogP contribution in [0.2, 0.25) is 0 Å². The molecule has 0 spiro atoms. The number of hydrogen-bond donors (Lipinski definition) is 1. The van der Waals surface area contributed by atoms with Crippen LogP contribution in [0.15, 0.2) is 103 Å². The number of pyridine rings is 1. The Morgan fingerprint density at radius 2 is 1.75 bits per heavy atom. The summed E-state index contributed by atoms with van der Waals surface area (Å²) in [6.07, 6.45) is 13.9. The highest BCUT2D eigenvalue weighted by atomic mass is 16.5. The number of piperidine rings is 1. The molecule has 0 atom stereocenters. The van der Waals surface area contributed by atoms with Crippen LogP contribution in [0.4, 0.5) is 4.79 Å². The van der Waals surface area contributed by atoms with E-state index in [9.17, 15) is 9.59 Å². The van der Waals surface area contributed by atoms with Gasteiger partial charge in [0, 0.05) is 50.5 Å². The van der Waals surface area contributed by atoms with Gasteiger partial charge in [-0.05, 0) is 79.6 Å². The average molecular weight is 591 g/mol. The van der Waals surface area contributed by atoms with Gasteiger partial charge >= 0.3 is 6.09 Å². The number of nitrogens with zero attached hydrogens (tertiary/aromatic N) is 3. The van der Waals surface area contributed by atoms with Crippen molar-refractivity contribution in [3.05, 3.63) is 136 Å². The number of aromatic nitrogens is 1. The van der Waals surface area contributed by atoms with Crippen LogP contribution in [0.1, 0.15) is 57.6 Å². The van der Waals surface area contributed by atoms with E-state index in [-0.39, 0.29) is 18.6 Å². The third-order valence-electron chi connectivity index (χ3n) is 8.16. The van der Waals surface area contributed by atoms with Crippen LogP contribution < -0.4 is 5.32 Å². The Hall–Kier alpha value is -4.49. The van der Waals surface area contributed by atoms with E-state index in [4.69, 9.17) is 4.74 Å². The molecule has 0 radical (unpaired) electrons. The molecule has 0 bridgehead atoms. The van der Waals surface area contributed by atoms with E-state index in [1.54, 1.807) is 0 Å². The lowest BCUT2D eigenvalue weighted by molar-refractivity contribution is 0.0541. The Labute approximate surface area is 260 Å². The zero-order valence-electron chi connectivity index (χ0n) is 25.7. The first-order valence-electron chi connectivity index (χ1n) is 15.4. The minimum atomic E-state index is -0.447. The van der Waals surface area contributed by atoms with Crippen molar-refractivity contribution in [2.45, 2.75) is 58.8 Å². The molecule has 0 saturated carbocycles. The molecule has 3 aromatic rings. The van der Waals surface area contributed by atoms with Crippen molar-refractivity contribution in [2.24, 2.45) is 0 Å². The summed E-state index contributed by atoms with van der Waals surface area (Å²) in [7, 11) is 0. The zero-order chi connectivity index (χ0) is 30.7. The zero-order valence-corrected chi connectivity index (χ0v) is 25.7. The van der Waals surface area contributed by atoms with E-state index >= 15 is 0 Å². The number of alkyl carbamates (subject to hydrolysis) is 1. The standard InChI is InChI=1S/C37H42N4O3/c1-28-12-14-33(15-13-28)36(42)41(35-17-20-40(21-18-35)26-34-22-29(2)16-19-38-34)25-32-11-7-10-31(23-32)24-39-37(43)44-27-30-8-5-3-4-6-9-30/h3-8,10-16,19,22-23,35H,9,17-18,20-21,24-27H2,1-2H3,(H,39,43). The van der Waals surface area contributed by atoms with Crippen LogP contribution in [0.5, 0.6) is 0 Å². The fraction of sp³-hybridized carbons (Fsp3) is 0.324. The van der Waals surface area contributed by atoms with Gasteiger partial charge in [-0.15, -0.1) is 0 Å². The second-order valence-electron chi connectivity index (χ2n) is 11.7. The van der Waals surface area contributed by atoms with Crippen molar-refractivity contribution >= 4 is 12.0 Å². The molecule has 1 aromatic heterocycles. The first kappa shape index (κ1) is 31.0. The average Bonchev–Trinajstić information content (AvgIpc) is 3.31. The molecule has 228 valence electrons. The Morgan fingerprint density at radius 3 is 2.55 bits per heavy atom. The smallest absolute Gasteiger partial charge is 0.407 e. The van der Waals surface area contributed by atoms with Gasteiger partial charge in [-0.2, -0.15) is 0 Å². The number of benzene rings is 2. The van der Waals surface area contributed by atoms with E-state index in [2.05, 4.69) is 40.3 Å². The highest BCUT2D eigenvalue weighted by Gasteiger charge is 2.29. The molecule has 2 aliphatic rings. The van der Waals surface area contributed by atoms with Crippen molar-refractivity contribution in [1.29, 1.82) is 0 Å². The number of hydrogen-bond acceptors (Lipinski definition) is 5. The minimum Gasteiger partial charge on any atom is -0.445 e. The first-order valence-corrected chi connectivity index (χ1v) is 15.4. The molecule has 2 amide bonds. The Balaban J connectivity index is 1.22. The molecule has 5 rings (SSSR count). The lowest BCUT2D eigenvalue weighted by Crippen LogP contribution is -2.47. The van der Waals surface area contributed by atoms with E-state index in [0.29, 0.717) is 18.7 Å². The predicted molar refractivity (Wildman–Crippen MR) is 174 cm³/mol. The van der Waals surface area contributed by atoms with Gasteiger partial charge in [0.25, 0.3) is 5.91 Å². The van der Waals surface area contributed by atoms with Gasteiger partial charge in [-0.25, -0.2) is 4.79 Å². The highest BCUT2D eigenvalue weighted by Crippen LogP contribution is 2.23. The number of allylic oxidation sites excluding steroid dienone is 5. The van der Waals surface area contributed by atoms with Gasteiger partial charge in [0.05, 0.1) is 5.69 Å². The van der Waals surface area contributed by atoms with Crippen LogP contribution >= 0.6 is 0 Å². The van der Waals surface area contributed by atoms with Crippen molar-refractivity contribution < 1.29 is 14.3 Å². The number of rotatable bonds is 10. The number of amides is 2. The summed E-state index contributed by atoms with van der Waals surface area (Å²) in [6.45, 7) is 7.88. The minimum absolute atomic E-state index is 0.0495. The van der Waals surface area contributed by atoms with Crippen LogP contribution in [0, 0.1) is 13.8 Å². The molecule has 2 aromatic carbocycles. The largest absolute Gasteiger partial charge is 0.445 e. The molecule has 1 saturated heterocycles. The molecule has 1 N–H and O–H groups in total. The fourth-order valence-electron chi connectivity index (χ4n) is 5.68. The molecule has 0 unspecified atom stereocenters. The van der Waals surface area contributed by atoms with Gasteiger partial charge in [-0.1, -0.05) is 72.3 Å². The number of carbonyl (C=O) groups excluding carboxylic acids is 2. The normalized spacial score (nSPS) is 15.4. The lowest BCUT2D eigenvalue weighted by Gasteiger charge is -2.38. The number of ether oxygens (including phenoxy) is 1. The summed E-state index contributed by atoms with van der Waals surface area (Å²) in [5.74, 6) is 0.0495. The molecular formula is C37H42N4O3. The third kappa shape index (κ3) is 9.01. The maximum atomic E-state index is 13.9. The molecule has 7 nitrogen and oxygen atoms in total. The second-order valence-corrected chi connectivity index (χ2v) is 11.7. The maximum Gasteiger partial charge on any atom is 0.407 e. The Bertz CT molecular complexity index is 1520. The van der Waals surface area contributed by atoms with Crippen molar-refractivity contribution in [3.8, 4) is 0 Å². The molecule has 2 heterocycles. The second kappa shape index (κ2) is 15.3. The predicted octanol–water partition coefficient (Wildman–Crippen LogP) is 6.67. The molecule has 7 heteroatoms. The molecule has 1 aliphatic carbocycles. The quantitative estimate of drug-likeness (QED) is 0.285. The van der Waals surface area contributed by atoms with Gasteiger partial charge in [0.15, 0.2) is 0 Å². The van der Waals surface area contributed by atoms with Crippen molar-refractivity contribution in [3.63, 3.8) is 0 Å². The third-order valence-corrected chi connectivity index (χ3v) is 8.16. The summed E-state index contributed by atoms with van der Waals surface area (Å²) in [6, 6.07) is 20.2. The summed E-state index contributed by atoms with van der Waals surface area (Å²) in [5, 5.41) is 2.86. The monoisotopic (exact) mass is 590 g/mol. The SMILES string of the molecule is Cc1ccc(C(=O)N(Cc2cccc(CNC(=O)OCC3=CC=CC=CC3)c2)C2CCN(Cc3cc(C)ccn3)CC2)cc1. The fourth-order valence-corrected chi connectivity index (χ4v) is 5.68. The number of aryl methyl sites for hydroxylation is 2.